The van der Waals surface area contributed by atoms with Gasteiger partial charge in [-0.05, 0) is 55.2 Å². The van der Waals surface area contributed by atoms with E-state index in [1.165, 1.54) is 16.7 Å². The first-order chi connectivity index (χ1) is 14.4. The summed E-state index contributed by atoms with van der Waals surface area (Å²) >= 11 is 0. The maximum absolute atomic E-state index is 13.3. The maximum Gasteiger partial charge on any atom is 0.155 e. The summed E-state index contributed by atoms with van der Waals surface area (Å²) in [5, 5.41) is 3.46. The van der Waals surface area contributed by atoms with Gasteiger partial charge in [0.15, 0.2) is 5.78 Å². The van der Waals surface area contributed by atoms with Gasteiger partial charge in [-0.1, -0.05) is 75.7 Å². The van der Waals surface area contributed by atoms with E-state index in [9.17, 15) is 4.79 Å². The highest BCUT2D eigenvalue weighted by Crippen LogP contribution is 2.30. The zero-order chi connectivity index (χ0) is 21.7. The maximum atomic E-state index is 13.3. The standard InChI is InChI=1S/C27H37NO2/c1-6-19(3)23(16-22-13-8-7-9-14-22)26(29)25-24(28-25)15-18(2)17-30-27-20(4)11-10-12-21(27)5/h7-14,18-19,23-25,28H,6,15-17H2,1-5H3. The summed E-state index contributed by atoms with van der Waals surface area (Å²) in [4.78, 5) is 13.3. The molecule has 2 aromatic rings. The Bertz CT molecular complexity index is 812. The van der Waals surface area contributed by atoms with Crippen LogP contribution in [-0.4, -0.2) is 24.5 Å². The van der Waals surface area contributed by atoms with Crippen molar-refractivity contribution in [2.75, 3.05) is 6.61 Å². The van der Waals surface area contributed by atoms with E-state index >= 15 is 0 Å². The molecule has 0 aliphatic carbocycles. The second-order valence-corrected chi connectivity index (χ2v) is 9.21. The van der Waals surface area contributed by atoms with E-state index in [2.05, 4.69) is 82.4 Å². The van der Waals surface area contributed by atoms with Crippen molar-refractivity contribution in [3.63, 3.8) is 0 Å². The number of Topliss-reactive ketones (excluding diaryl/α,β-unsaturated/α-hetero) is 1. The first-order valence-electron chi connectivity index (χ1n) is 11.4. The molecule has 5 atom stereocenters. The number of ether oxygens (including phenoxy) is 1. The molecule has 2 aromatic carbocycles. The molecule has 0 saturated carbocycles. The number of hydrogen-bond donors (Lipinski definition) is 1. The summed E-state index contributed by atoms with van der Waals surface area (Å²) in [5.41, 5.74) is 3.61. The minimum atomic E-state index is 0.00959. The molecule has 162 valence electrons. The van der Waals surface area contributed by atoms with Gasteiger partial charge < -0.3 is 10.1 Å². The Labute approximate surface area is 182 Å². The van der Waals surface area contributed by atoms with Crippen LogP contribution in [0.4, 0.5) is 0 Å². The van der Waals surface area contributed by atoms with Gasteiger partial charge in [-0.15, -0.1) is 0 Å². The van der Waals surface area contributed by atoms with Gasteiger partial charge in [-0.3, -0.25) is 4.79 Å². The molecule has 0 radical (unpaired) electrons. The molecule has 3 nitrogen and oxygen atoms in total. The molecular formula is C27H37NO2. The summed E-state index contributed by atoms with van der Waals surface area (Å²) in [7, 11) is 0. The number of carbonyl (C=O) groups excluding carboxylic acids is 1. The van der Waals surface area contributed by atoms with Gasteiger partial charge in [-0.25, -0.2) is 0 Å². The van der Waals surface area contributed by atoms with Crippen molar-refractivity contribution in [2.24, 2.45) is 17.8 Å². The number of benzene rings is 2. The van der Waals surface area contributed by atoms with E-state index in [1.54, 1.807) is 0 Å². The molecule has 0 spiro atoms. The quantitative estimate of drug-likeness (QED) is 0.499. The largest absolute Gasteiger partial charge is 0.493 e. The predicted octanol–water partition coefficient (Wildman–Crippen LogP) is 5.52. The highest BCUT2D eigenvalue weighted by Gasteiger charge is 2.45. The fourth-order valence-corrected chi connectivity index (χ4v) is 4.38. The van der Waals surface area contributed by atoms with Crippen LogP contribution in [0.3, 0.4) is 0 Å². The van der Waals surface area contributed by atoms with Gasteiger partial charge in [0.05, 0.1) is 12.6 Å². The Morgan fingerprint density at radius 3 is 2.33 bits per heavy atom. The number of hydrogen-bond acceptors (Lipinski definition) is 3. The van der Waals surface area contributed by atoms with Gasteiger partial charge in [-0.2, -0.15) is 0 Å². The lowest BCUT2D eigenvalue weighted by atomic mass is 9.81. The highest BCUT2D eigenvalue weighted by molar-refractivity contribution is 5.90. The molecule has 1 heterocycles. The smallest absolute Gasteiger partial charge is 0.155 e. The number of para-hydroxylation sites is 1. The van der Waals surface area contributed by atoms with Crippen molar-refractivity contribution >= 4 is 5.78 Å². The lowest BCUT2D eigenvalue weighted by Crippen LogP contribution is -2.30. The van der Waals surface area contributed by atoms with E-state index in [0.717, 1.165) is 25.0 Å². The average Bonchev–Trinajstić information content (AvgIpc) is 3.50. The minimum absolute atomic E-state index is 0.00959. The number of nitrogens with one attached hydrogen (secondary N) is 1. The molecule has 1 saturated heterocycles. The second kappa shape index (κ2) is 10.3. The predicted molar refractivity (Wildman–Crippen MR) is 124 cm³/mol. The minimum Gasteiger partial charge on any atom is -0.493 e. The van der Waals surface area contributed by atoms with Crippen LogP contribution < -0.4 is 10.1 Å². The van der Waals surface area contributed by atoms with Crippen LogP contribution in [0.2, 0.25) is 0 Å². The van der Waals surface area contributed by atoms with Crippen LogP contribution in [0, 0.1) is 31.6 Å². The van der Waals surface area contributed by atoms with Gasteiger partial charge in [0.1, 0.15) is 5.75 Å². The monoisotopic (exact) mass is 407 g/mol. The molecule has 1 aliphatic rings. The van der Waals surface area contributed by atoms with Crippen molar-refractivity contribution in [1.82, 2.24) is 5.32 Å². The van der Waals surface area contributed by atoms with E-state index < -0.39 is 0 Å². The number of aryl methyl sites for hydroxylation is 2. The second-order valence-electron chi connectivity index (χ2n) is 9.21. The third-order valence-corrected chi connectivity index (χ3v) is 6.57. The van der Waals surface area contributed by atoms with Gasteiger partial charge >= 0.3 is 0 Å². The Hall–Kier alpha value is -2.13. The normalized spacial score (nSPS) is 21.0. The number of ketones is 1. The summed E-state index contributed by atoms with van der Waals surface area (Å²) in [6, 6.07) is 17.0. The highest BCUT2D eigenvalue weighted by atomic mass is 16.5. The van der Waals surface area contributed by atoms with Gasteiger partial charge in [0.2, 0.25) is 0 Å². The van der Waals surface area contributed by atoms with Crippen molar-refractivity contribution < 1.29 is 9.53 Å². The topological polar surface area (TPSA) is 48.2 Å². The van der Waals surface area contributed by atoms with Crippen molar-refractivity contribution in [2.45, 2.75) is 66.0 Å². The van der Waals surface area contributed by atoms with Crippen LogP contribution in [0.15, 0.2) is 48.5 Å². The fourth-order valence-electron chi connectivity index (χ4n) is 4.38. The lowest BCUT2D eigenvalue weighted by Gasteiger charge is -2.22. The van der Waals surface area contributed by atoms with Gasteiger partial charge in [0.25, 0.3) is 0 Å². The van der Waals surface area contributed by atoms with Crippen molar-refractivity contribution in [3.05, 3.63) is 65.2 Å². The third-order valence-electron chi connectivity index (χ3n) is 6.57. The molecule has 0 aromatic heterocycles. The Morgan fingerprint density at radius 1 is 1.03 bits per heavy atom. The van der Waals surface area contributed by atoms with Crippen molar-refractivity contribution in [1.29, 1.82) is 0 Å². The molecule has 0 amide bonds. The zero-order valence-corrected chi connectivity index (χ0v) is 19.2. The number of carbonyl (C=O) groups is 1. The lowest BCUT2D eigenvalue weighted by molar-refractivity contribution is -0.124. The zero-order valence-electron chi connectivity index (χ0n) is 19.2. The van der Waals surface area contributed by atoms with Crippen LogP contribution in [0.25, 0.3) is 0 Å². The molecule has 3 heteroatoms. The van der Waals surface area contributed by atoms with Crippen LogP contribution in [-0.2, 0) is 11.2 Å². The van der Waals surface area contributed by atoms with E-state index in [-0.39, 0.29) is 18.0 Å². The molecule has 30 heavy (non-hydrogen) atoms. The van der Waals surface area contributed by atoms with Crippen LogP contribution in [0.1, 0.15) is 50.3 Å². The van der Waals surface area contributed by atoms with E-state index in [0.29, 0.717) is 24.2 Å². The molecule has 1 N–H and O–H groups in total. The summed E-state index contributed by atoms with van der Waals surface area (Å²) in [6.45, 7) is 11.5. The molecule has 1 aliphatic heterocycles. The molecule has 5 unspecified atom stereocenters. The van der Waals surface area contributed by atoms with Crippen LogP contribution >= 0.6 is 0 Å². The molecule has 0 bridgehead atoms. The molecular weight excluding hydrogens is 370 g/mol. The molecule has 3 rings (SSSR count). The molecule has 1 fully saturated rings. The van der Waals surface area contributed by atoms with E-state index in [1.807, 2.05) is 6.07 Å². The van der Waals surface area contributed by atoms with E-state index in [4.69, 9.17) is 4.74 Å². The average molecular weight is 408 g/mol. The first kappa shape index (κ1) is 22.6. The Kier molecular flexibility index (Phi) is 7.71. The van der Waals surface area contributed by atoms with Crippen molar-refractivity contribution in [3.8, 4) is 5.75 Å². The third kappa shape index (κ3) is 5.72. The van der Waals surface area contributed by atoms with Crippen LogP contribution in [0.5, 0.6) is 5.75 Å². The summed E-state index contributed by atoms with van der Waals surface area (Å²) in [6.07, 6.45) is 2.84. The van der Waals surface area contributed by atoms with Gasteiger partial charge in [0, 0.05) is 12.0 Å². The summed E-state index contributed by atoms with van der Waals surface area (Å²) in [5.74, 6) is 2.27. The first-order valence-corrected chi connectivity index (χ1v) is 11.4. The Balaban J connectivity index is 1.53. The fraction of sp³-hybridized carbons (Fsp3) is 0.519. The Morgan fingerprint density at radius 2 is 1.70 bits per heavy atom. The number of rotatable bonds is 11. The summed E-state index contributed by atoms with van der Waals surface area (Å²) < 4.78 is 6.12. The SMILES string of the molecule is CCC(C)C(Cc1ccccc1)C(=O)C1NC1CC(C)COc1c(C)cccc1C.